The molecule has 0 atom stereocenters. The molecule has 0 bridgehead atoms. The normalized spacial score (nSPS) is 11.1. The third-order valence-electron chi connectivity index (χ3n) is 1.82. The molecular formula is C9H18N4O. The van der Waals surface area contributed by atoms with Gasteiger partial charge in [-0.3, -0.25) is 0 Å². The van der Waals surface area contributed by atoms with Crippen molar-refractivity contribution in [3.8, 4) is 0 Å². The largest absolute Gasteiger partial charge is 0.377 e. The van der Waals surface area contributed by atoms with Crippen molar-refractivity contribution in [2.24, 2.45) is 7.05 Å². The molecule has 1 rings (SSSR count). The van der Waals surface area contributed by atoms with E-state index in [1.165, 1.54) is 0 Å². The SMILES string of the molecule is CC(C)OCCNCc1nncn1C. The van der Waals surface area contributed by atoms with Gasteiger partial charge in [0, 0.05) is 13.6 Å². The van der Waals surface area contributed by atoms with Gasteiger partial charge in [0.15, 0.2) is 0 Å². The van der Waals surface area contributed by atoms with Gasteiger partial charge in [-0.2, -0.15) is 0 Å². The number of hydrogen-bond donors (Lipinski definition) is 1. The van der Waals surface area contributed by atoms with Crippen LogP contribution in [0.1, 0.15) is 19.7 Å². The second kappa shape index (κ2) is 5.72. The van der Waals surface area contributed by atoms with Crippen LogP contribution in [0, 0.1) is 0 Å². The molecule has 0 aromatic carbocycles. The number of nitrogens with one attached hydrogen (secondary N) is 1. The van der Waals surface area contributed by atoms with Crippen LogP contribution in [0.4, 0.5) is 0 Å². The first kappa shape index (κ1) is 11.1. The first-order valence-electron chi connectivity index (χ1n) is 4.85. The van der Waals surface area contributed by atoms with Crippen LogP contribution >= 0.6 is 0 Å². The van der Waals surface area contributed by atoms with Gasteiger partial charge in [-0.05, 0) is 13.8 Å². The summed E-state index contributed by atoms with van der Waals surface area (Å²) in [5, 5.41) is 11.0. The van der Waals surface area contributed by atoms with Gasteiger partial charge in [-0.15, -0.1) is 10.2 Å². The minimum Gasteiger partial charge on any atom is -0.377 e. The minimum absolute atomic E-state index is 0.298. The van der Waals surface area contributed by atoms with E-state index in [9.17, 15) is 0 Å². The van der Waals surface area contributed by atoms with Crippen LogP contribution in [0.25, 0.3) is 0 Å². The van der Waals surface area contributed by atoms with E-state index >= 15 is 0 Å². The number of nitrogens with zero attached hydrogens (tertiary/aromatic N) is 3. The van der Waals surface area contributed by atoms with Crippen molar-refractivity contribution in [3.05, 3.63) is 12.2 Å². The predicted molar refractivity (Wildman–Crippen MR) is 53.8 cm³/mol. The van der Waals surface area contributed by atoms with Gasteiger partial charge < -0.3 is 14.6 Å². The van der Waals surface area contributed by atoms with Crippen molar-refractivity contribution in [1.82, 2.24) is 20.1 Å². The third kappa shape index (κ3) is 3.85. The highest BCUT2D eigenvalue weighted by Gasteiger charge is 1.99. The van der Waals surface area contributed by atoms with Gasteiger partial charge in [-0.1, -0.05) is 0 Å². The molecule has 0 saturated carbocycles. The molecule has 5 heteroatoms. The third-order valence-corrected chi connectivity index (χ3v) is 1.82. The van der Waals surface area contributed by atoms with Gasteiger partial charge in [0.1, 0.15) is 12.2 Å². The molecular weight excluding hydrogens is 180 g/mol. The molecule has 0 aliphatic carbocycles. The van der Waals surface area contributed by atoms with E-state index in [2.05, 4.69) is 15.5 Å². The summed E-state index contributed by atoms with van der Waals surface area (Å²) in [6.45, 7) is 6.36. The van der Waals surface area contributed by atoms with Gasteiger partial charge >= 0.3 is 0 Å². The van der Waals surface area contributed by atoms with Gasteiger partial charge in [-0.25, -0.2) is 0 Å². The van der Waals surface area contributed by atoms with E-state index in [-0.39, 0.29) is 0 Å². The Morgan fingerprint density at radius 2 is 2.36 bits per heavy atom. The topological polar surface area (TPSA) is 52.0 Å². The number of rotatable bonds is 6. The smallest absolute Gasteiger partial charge is 0.146 e. The molecule has 1 aromatic heterocycles. The maximum atomic E-state index is 5.39. The summed E-state index contributed by atoms with van der Waals surface area (Å²) in [6.07, 6.45) is 1.99. The number of hydrogen-bond acceptors (Lipinski definition) is 4. The summed E-state index contributed by atoms with van der Waals surface area (Å²) in [7, 11) is 1.93. The summed E-state index contributed by atoms with van der Waals surface area (Å²) >= 11 is 0. The fourth-order valence-electron chi connectivity index (χ4n) is 1.03. The zero-order chi connectivity index (χ0) is 10.4. The molecule has 14 heavy (non-hydrogen) atoms. The van der Waals surface area contributed by atoms with E-state index in [1.54, 1.807) is 6.33 Å². The predicted octanol–water partition coefficient (Wildman–Crippen LogP) is 0.330. The van der Waals surface area contributed by atoms with Crippen molar-refractivity contribution in [3.63, 3.8) is 0 Å². The second-order valence-electron chi connectivity index (χ2n) is 3.45. The molecule has 0 spiro atoms. The van der Waals surface area contributed by atoms with Crippen molar-refractivity contribution in [1.29, 1.82) is 0 Å². The van der Waals surface area contributed by atoms with E-state index in [0.29, 0.717) is 6.10 Å². The molecule has 0 amide bonds. The van der Waals surface area contributed by atoms with Crippen molar-refractivity contribution < 1.29 is 4.74 Å². The van der Waals surface area contributed by atoms with Gasteiger partial charge in [0.05, 0.1) is 19.3 Å². The summed E-state index contributed by atoms with van der Waals surface area (Å²) in [4.78, 5) is 0. The Balaban J connectivity index is 2.08. The Kier molecular flexibility index (Phi) is 4.55. The number of ether oxygens (including phenoxy) is 1. The molecule has 5 nitrogen and oxygen atoms in total. The van der Waals surface area contributed by atoms with E-state index in [0.717, 1.165) is 25.5 Å². The fourth-order valence-corrected chi connectivity index (χ4v) is 1.03. The monoisotopic (exact) mass is 198 g/mol. The Bertz CT molecular complexity index is 259. The molecule has 1 N–H and O–H groups in total. The molecule has 0 fully saturated rings. The first-order valence-corrected chi connectivity index (χ1v) is 4.85. The Labute approximate surface area is 84.5 Å². The lowest BCUT2D eigenvalue weighted by atomic mass is 10.5. The van der Waals surface area contributed by atoms with E-state index in [1.807, 2.05) is 25.5 Å². The van der Waals surface area contributed by atoms with E-state index in [4.69, 9.17) is 4.74 Å². The highest BCUT2D eigenvalue weighted by molar-refractivity contribution is 4.82. The number of aromatic nitrogens is 3. The number of aryl methyl sites for hydroxylation is 1. The quantitative estimate of drug-likeness (QED) is 0.669. The Morgan fingerprint density at radius 1 is 1.57 bits per heavy atom. The van der Waals surface area contributed by atoms with Crippen molar-refractivity contribution >= 4 is 0 Å². The summed E-state index contributed by atoms with van der Waals surface area (Å²) in [5.74, 6) is 0.939. The highest BCUT2D eigenvalue weighted by atomic mass is 16.5. The maximum absolute atomic E-state index is 5.39. The zero-order valence-corrected chi connectivity index (χ0v) is 9.03. The van der Waals surface area contributed by atoms with Crippen molar-refractivity contribution in [2.75, 3.05) is 13.2 Å². The van der Waals surface area contributed by atoms with Crippen LogP contribution in [0.3, 0.4) is 0 Å². The first-order chi connectivity index (χ1) is 6.70. The Morgan fingerprint density at radius 3 is 2.93 bits per heavy atom. The summed E-state index contributed by atoms with van der Waals surface area (Å²) in [6, 6.07) is 0. The van der Waals surface area contributed by atoms with Gasteiger partial charge in [0.25, 0.3) is 0 Å². The molecule has 80 valence electrons. The molecule has 0 saturated heterocycles. The summed E-state index contributed by atoms with van der Waals surface area (Å²) in [5.41, 5.74) is 0. The second-order valence-corrected chi connectivity index (χ2v) is 3.45. The average Bonchev–Trinajstić information content (AvgIpc) is 2.51. The Hall–Kier alpha value is -0.940. The molecule has 0 aliphatic rings. The van der Waals surface area contributed by atoms with Crippen LogP contribution < -0.4 is 5.32 Å². The lowest BCUT2D eigenvalue weighted by Crippen LogP contribution is -2.22. The van der Waals surface area contributed by atoms with Crippen LogP contribution in [-0.4, -0.2) is 34.0 Å². The molecule has 0 radical (unpaired) electrons. The average molecular weight is 198 g/mol. The molecule has 1 aromatic rings. The lowest BCUT2D eigenvalue weighted by molar-refractivity contribution is 0.0806. The standard InChI is InChI=1S/C9H18N4O/c1-8(2)14-5-4-10-6-9-12-11-7-13(9)3/h7-8,10H,4-6H2,1-3H3. The lowest BCUT2D eigenvalue weighted by Gasteiger charge is -2.07. The molecule has 1 heterocycles. The fraction of sp³-hybridized carbons (Fsp3) is 0.778. The van der Waals surface area contributed by atoms with Crippen LogP contribution in [0.5, 0.6) is 0 Å². The van der Waals surface area contributed by atoms with Crippen LogP contribution in [0.2, 0.25) is 0 Å². The van der Waals surface area contributed by atoms with E-state index < -0.39 is 0 Å². The van der Waals surface area contributed by atoms with Crippen LogP contribution in [-0.2, 0) is 18.3 Å². The van der Waals surface area contributed by atoms with Crippen molar-refractivity contribution in [2.45, 2.75) is 26.5 Å². The molecule has 0 aliphatic heterocycles. The maximum Gasteiger partial charge on any atom is 0.146 e. The highest BCUT2D eigenvalue weighted by Crippen LogP contribution is 1.90. The van der Waals surface area contributed by atoms with Crippen LogP contribution in [0.15, 0.2) is 6.33 Å². The summed E-state index contributed by atoms with van der Waals surface area (Å²) < 4.78 is 7.29. The minimum atomic E-state index is 0.298. The zero-order valence-electron chi connectivity index (χ0n) is 9.03. The molecule has 0 unspecified atom stereocenters. The van der Waals surface area contributed by atoms with Gasteiger partial charge in [0.2, 0.25) is 0 Å².